The van der Waals surface area contributed by atoms with Gasteiger partial charge in [0, 0.05) is 11.6 Å². The van der Waals surface area contributed by atoms with Crippen molar-refractivity contribution in [2.24, 2.45) is 0 Å². The van der Waals surface area contributed by atoms with Gasteiger partial charge < -0.3 is 14.3 Å². The van der Waals surface area contributed by atoms with Gasteiger partial charge in [0.15, 0.2) is 0 Å². The average molecular weight is 457 g/mol. The minimum atomic E-state index is -0.256. The molecule has 0 radical (unpaired) electrons. The maximum Gasteiger partial charge on any atom is 0.258 e. The van der Waals surface area contributed by atoms with Gasteiger partial charge in [-0.3, -0.25) is 9.59 Å². The lowest BCUT2D eigenvalue weighted by Gasteiger charge is -2.21. The number of nitrogens with one attached hydrogen (secondary N) is 1. The van der Waals surface area contributed by atoms with Crippen LogP contribution < -0.4 is 5.56 Å². The van der Waals surface area contributed by atoms with Gasteiger partial charge in [0.1, 0.15) is 11.6 Å². The van der Waals surface area contributed by atoms with Gasteiger partial charge in [-0.25, -0.2) is 9.97 Å². The fraction of sp³-hybridized carbons (Fsp3) is 0.273. The minimum Gasteiger partial charge on any atom is -0.440 e. The molecule has 0 bridgehead atoms. The van der Waals surface area contributed by atoms with Gasteiger partial charge in [-0.2, -0.15) is 0 Å². The maximum absolute atomic E-state index is 13.1. The van der Waals surface area contributed by atoms with Crippen LogP contribution in [0.4, 0.5) is 0 Å². The third-order valence-corrected chi connectivity index (χ3v) is 5.94. The van der Waals surface area contributed by atoms with Crippen LogP contribution in [0.3, 0.4) is 0 Å². The zero-order valence-corrected chi connectivity index (χ0v) is 18.7. The van der Waals surface area contributed by atoms with E-state index in [-0.39, 0.29) is 24.4 Å². The highest BCUT2D eigenvalue weighted by Gasteiger charge is 2.20. The van der Waals surface area contributed by atoms with Crippen molar-refractivity contribution in [2.75, 3.05) is 6.54 Å². The number of benzene rings is 1. The van der Waals surface area contributed by atoms with E-state index < -0.39 is 0 Å². The van der Waals surface area contributed by atoms with Crippen LogP contribution in [-0.2, 0) is 17.8 Å². The molecular weight excluding hydrogens is 436 g/mol. The summed E-state index contributed by atoms with van der Waals surface area (Å²) in [5.41, 5.74) is 0.859. The van der Waals surface area contributed by atoms with E-state index >= 15 is 0 Å². The fourth-order valence-corrected chi connectivity index (χ4v) is 4.15. The van der Waals surface area contributed by atoms with Gasteiger partial charge in [0.05, 0.1) is 34.4 Å². The second kappa shape index (κ2) is 9.03. The normalized spacial score (nSPS) is 11.2. The summed E-state index contributed by atoms with van der Waals surface area (Å²) < 4.78 is 5.75. The maximum atomic E-state index is 13.1. The molecule has 3 aromatic heterocycles. The molecule has 160 valence electrons. The predicted octanol–water partition coefficient (Wildman–Crippen LogP) is 4.58. The van der Waals surface area contributed by atoms with Gasteiger partial charge in [0.2, 0.25) is 11.8 Å². The Morgan fingerprint density at radius 3 is 2.87 bits per heavy atom. The molecule has 4 rings (SSSR count). The number of halogens is 1. The lowest BCUT2D eigenvalue weighted by atomic mass is 10.2. The van der Waals surface area contributed by atoms with Crippen LogP contribution >= 0.6 is 22.9 Å². The number of fused-ring (bicyclic) bond motifs is 1. The third-order valence-electron chi connectivity index (χ3n) is 4.85. The number of H-pyrrole nitrogens is 1. The number of aromatic amines is 1. The number of hydrogen-bond donors (Lipinski definition) is 1. The van der Waals surface area contributed by atoms with Gasteiger partial charge in [0.25, 0.3) is 5.56 Å². The number of carbonyl (C=O) groups excluding carboxylic acids is 1. The van der Waals surface area contributed by atoms with Gasteiger partial charge >= 0.3 is 0 Å². The molecule has 0 saturated carbocycles. The Bertz CT molecular complexity index is 1280. The number of oxazole rings is 1. The molecule has 0 aliphatic rings. The van der Waals surface area contributed by atoms with Crippen molar-refractivity contribution in [1.82, 2.24) is 19.9 Å². The second-order valence-electron chi connectivity index (χ2n) is 7.17. The molecule has 1 N–H and O–H groups in total. The van der Waals surface area contributed by atoms with Gasteiger partial charge in [-0.15, -0.1) is 11.3 Å². The van der Waals surface area contributed by atoms with Crippen LogP contribution in [0.15, 0.2) is 44.9 Å². The molecule has 0 atom stereocenters. The van der Waals surface area contributed by atoms with Crippen molar-refractivity contribution in [3.05, 3.63) is 68.4 Å². The lowest BCUT2D eigenvalue weighted by molar-refractivity contribution is -0.131. The Labute approximate surface area is 187 Å². The third kappa shape index (κ3) is 4.70. The Hall–Kier alpha value is -2.97. The van der Waals surface area contributed by atoms with Crippen LogP contribution in [0.2, 0.25) is 5.02 Å². The molecule has 1 aromatic carbocycles. The largest absolute Gasteiger partial charge is 0.440 e. The smallest absolute Gasteiger partial charge is 0.258 e. The van der Waals surface area contributed by atoms with Crippen LogP contribution in [0.25, 0.3) is 21.7 Å². The van der Waals surface area contributed by atoms with Crippen LogP contribution in [0.5, 0.6) is 0 Å². The van der Waals surface area contributed by atoms with E-state index in [0.717, 1.165) is 11.3 Å². The number of amides is 1. The summed E-state index contributed by atoms with van der Waals surface area (Å²) in [7, 11) is 0. The summed E-state index contributed by atoms with van der Waals surface area (Å²) in [5.74, 6) is 1.46. The Kier molecular flexibility index (Phi) is 6.20. The van der Waals surface area contributed by atoms with E-state index in [2.05, 4.69) is 15.0 Å². The Morgan fingerprint density at radius 2 is 2.13 bits per heavy atom. The molecule has 0 spiro atoms. The first-order chi connectivity index (χ1) is 14.9. The standard InChI is InChI=1S/C22H21ClN4O3S/c1-3-8-27(12-19-24-17-10-14(23)6-7-15(17)21(29)26-19)20(28)11-16-13(2)30-22(25-16)18-5-4-9-31-18/h4-7,9-10H,3,8,11-12H2,1-2H3,(H,24,26,29). The van der Waals surface area contributed by atoms with E-state index in [0.29, 0.717) is 45.6 Å². The Morgan fingerprint density at radius 1 is 1.29 bits per heavy atom. The molecule has 0 saturated heterocycles. The number of aryl methyl sites for hydroxylation is 1. The molecule has 3 heterocycles. The van der Waals surface area contributed by atoms with Crippen molar-refractivity contribution in [2.45, 2.75) is 33.2 Å². The van der Waals surface area contributed by atoms with E-state index in [1.807, 2.05) is 31.4 Å². The zero-order chi connectivity index (χ0) is 22.0. The molecule has 0 aliphatic carbocycles. The molecular formula is C22H21ClN4O3S. The first kappa shape index (κ1) is 21.3. The highest BCUT2D eigenvalue weighted by atomic mass is 35.5. The quantitative estimate of drug-likeness (QED) is 0.439. The van der Waals surface area contributed by atoms with Gasteiger partial charge in [-0.1, -0.05) is 24.6 Å². The number of rotatable bonds is 7. The summed E-state index contributed by atoms with van der Waals surface area (Å²) >= 11 is 7.57. The molecule has 0 unspecified atom stereocenters. The van der Waals surface area contributed by atoms with Crippen LogP contribution in [0.1, 0.15) is 30.6 Å². The van der Waals surface area contributed by atoms with Crippen molar-refractivity contribution >= 4 is 39.7 Å². The molecule has 0 fully saturated rings. The molecule has 0 aliphatic heterocycles. The summed E-state index contributed by atoms with van der Waals surface area (Å²) in [5, 5.41) is 2.91. The summed E-state index contributed by atoms with van der Waals surface area (Å²) in [6, 6.07) is 8.79. The summed E-state index contributed by atoms with van der Waals surface area (Å²) in [6.07, 6.45) is 0.887. The SMILES string of the molecule is CCCN(Cc1nc2cc(Cl)ccc2c(=O)[nH]1)C(=O)Cc1nc(-c2cccs2)oc1C. The molecule has 1 amide bonds. The molecule has 31 heavy (non-hydrogen) atoms. The monoisotopic (exact) mass is 456 g/mol. The van der Waals surface area contributed by atoms with Crippen LogP contribution in [0, 0.1) is 6.92 Å². The zero-order valence-electron chi connectivity index (χ0n) is 17.1. The fourth-order valence-electron chi connectivity index (χ4n) is 3.33. The number of nitrogens with zero attached hydrogens (tertiary/aromatic N) is 3. The summed E-state index contributed by atoms with van der Waals surface area (Å²) in [6.45, 7) is 4.53. The number of carbonyl (C=O) groups is 1. The average Bonchev–Trinajstić information content (AvgIpc) is 3.37. The minimum absolute atomic E-state index is 0.107. The first-order valence-electron chi connectivity index (χ1n) is 9.91. The molecule has 7 nitrogen and oxygen atoms in total. The molecule has 4 aromatic rings. The van der Waals surface area contributed by atoms with E-state index in [4.69, 9.17) is 16.0 Å². The Balaban J connectivity index is 1.56. The summed E-state index contributed by atoms with van der Waals surface area (Å²) in [4.78, 5) is 39.9. The van der Waals surface area contributed by atoms with Crippen molar-refractivity contribution in [3.63, 3.8) is 0 Å². The number of aromatic nitrogens is 3. The van der Waals surface area contributed by atoms with Crippen LogP contribution in [-0.4, -0.2) is 32.3 Å². The van der Waals surface area contributed by atoms with Crippen molar-refractivity contribution in [1.29, 1.82) is 0 Å². The lowest BCUT2D eigenvalue weighted by Crippen LogP contribution is -2.34. The highest BCUT2D eigenvalue weighted by molar-refractivity contribution is 7.13. The number of thiophene rings is 1. The predicted molar refractivity (Wildman–Crippen MR) is 121 cm³/mol. The van der Waals surface area contributed by atoms with Crippen molar-refractivity contribution in [3.8, 4) is 10.8 Å². The topological polar surface area (TPSA) is 92.1 Å². The van der Waals surface area contributed by atoms with E-state index in [1.165, 1.54) is 11.3 Å². The number of hydrogen-bond acceptors (Lipinski definition) is 6. The second-order valence-corrected chi connectivity index (χ2v) is 8.55. The van der Waals surface area contributed by atoms with E-state index in [1.54, 1.807) is 23.1 Å². The van der Waals surface area contributed by atoms with Crippen molar-refractivity contribution < 1.29 is 9.21 Å². The van der Waals surface area contributed by atoms with E-state index in [9.17, 15) is 9.59 Å². The van der Waals surface area contributed by atoms with Gasteiger partial charge in [-0.05, 0) is 43.0 Å². The first-order valence-corrected chi connectivity index (χ1v) is 11.2. The molecule has 9 heteroatoms. The highest BCUT2D eigenvalue weighted by Crippen LogP contribution is 2.26.